The van der Waals surface area contributed by atoms with Crippen LogP contribution in [-0.4, -0.2) is 92.8 Å². The number of phenolic OH excluding ortho intramolecular Hbond substituents is 1. The number of allylic oxidation sites excluding steroid dienone is 1. The number of carbonyl (C=O) groups excluding carboxylic acids is 4. The van der Waals surface area contributed by atoms with Crippen LogP contribution < -0.4 is 11.1 Å². The van der Waals surface area contributed by atoms with Crippen LogP contribution in [-0.2, 0) is 20.8 Å². The van der Waals surface area contributed by atoms with Gasteiger partial charge in [0.1, 0.15) is 22.8 Å². The lowest BCUT2D eigenvalue weighted by Crippen LogP contribution is -2.63. The van der Waals surface area contributed by atoms with Crippen LogP contribution in [0.2, 0.25) is 5.02 Å². The predicted octanol–water partition coefficient (Wildman–Crippen LogP) is 1.58. The molecule has 0 saturated heterocycles. The zero-order chi connectivity index (χ0) is 29.8. The number of phenols is 1. The van der Waals surface area contributed by atoms with Crippen molar-refractivity contribution in [1.82, 2.24) is 9.96 Å². The smallest absolute Gasteiger partial charge is 0.430 e. The molecule has 0 bridgehead atoms. The fourth-order valence-electron chi connectivity index (χ4n) is 5.98. The number of likely N-dealkylation sites (N-methyl/N-ethyl adjacent to an activating group) is 1. The molecule has 13 nitrogen and oxygen atoms in total. The van der Waals surface area contributed by atoms with Crippen LogP contribution in [0, 0.1) is 11.8 Å². The van der Waals surface area contributed by atoms with Crippen LogP contribution in [0.1, 0.15) is 36.2 Å². The van der Waals surface area contributed by atoms with Gasteiger partial charge >= 0.3 is 6.09 Å². The fourth-order valence-corrected chi connectivity index (χ4v) is 6.25. The Morgan fingerprint density at radius 1 is 1.20 bits per heavy atom. The fraction of sp³-hybridized carbons (Fsp3) is 0.462. The number of aliphatic hydroxyl groups is 3. The molecule has 3 unspecified atom stereocenters. The Labute approximate surface area is 234 Å². The number of Topliss-reactive ketones (excluding diaryl/α,β-unsaturated/α-hetero) is 2. The first kappa shape index (κ1) is 29.3. The van der Waals surface area contributed by atoms with E-state index in [0.717, 1.165) is 0 Å². The number of nitrogens with two attached hydrogens (primary N) is 1. The molecule has 4 rings (SSSR count). The highest BCUT2D eigenvalue weighted by molar-refractivity contribution is 6.35. The monoisotopic (exact) mass is 578 g/mol. The van der Waals surface area contributed by atoms with E-state index < -0.39 is 69.9 Å². The first-order chi connectivity index (χ1) is 18.7. The molecule has 1 aromatic carbocycles. The summed E-state index contributed by atoms with van der Waals surface area (Å²) >= 11 is 6.36. The van der Waals surface area contributed by atoms with Crippen LogP contribution in [0.3, 0.4) is 0 Å². The van der Waals surface area contributed by atoms with Gasteiger partial charge in [0.2, 0.25) is 5.78 Å². The Kier molecular flexibility index (Phi) is 7.62. The summed E-state index contributed by atoms with van der Waals surface area (Å²) in [5.74, 6) is -7.75. The second-order valence-corrected chi connectivity index (χ2v) is 10.6. The standard InChI is InChI=1S/C26H31ClN4O9/c1-5-31(6-2)40-25(38)29-17-13(27)9-11-7-10-8-12-18(30(3)4)21(34)16(24(28)37)23(36)26(12,39)22(35)15(10)19(32)14(11)20(17)33/h9-10,12,18,33-35,39H,5-8H2,1-4H3,(H2,28,37)(H,29,38)/t10?,12?,18-,26?/m0/s1. The molecule has 0 aliphatic heterocycles. The van der Waals surface area contributed by atoms with E-state index in [9.17, 15) is 39.6 Å². The van der Waals surface area contributed by atoms with Crippen LogP contribution in [0.15, 0.2) is 28.7 Å². The first-order valence-electron chi connectivity index (χ1n) is 12.6. The molecule has 0 aromatic heterocycles. The number of primary amides is 1. The van der Waals surface area contributed by atoms with Gasteiger partial charge in [-0.05, 0) is 58.3 Å². The van der Waals surface area contributed by atoms with Crippen LogP contribution in [0.25, 0.3) is 0 Å². The van der Waals surface area contributed by atoms with Crippen molar-refractivity contribution in [3.05, 3.63) is 44.9 Å². The molecule has 14 heteroatoms. The Hall–Kier alpha value is -3.65. The van der Waals surface area contributed by atoms with Crippen molar-refractivity contribution in [3.63, 3.8) is 0 Å². The summed E-state index contributed by atoms with van der Waals surface area (Å²) in [5, 5.41) is 48.4. The number of anilines is 1. The maximum atomic E-state index is 13.8. The van der Waals surface area contributed by atoms with Crippen molar-refractivity contribution in [2.45, 2.75) is 38.3 Å². The summed E-state index contributed by atoms with van der Waals surface area (Å²) in [6.07, 6.45) is -0.959. The third-order valence-electron chi connectivity index (χ3n) is 7.81. The maximum Gasteiger partial charge on any atom is 0.430 e. The van der Waals surface area contributed by atoms with Gasteiger partial charge in [-0.3, -0.25) is 24.6 Å². The second kappa shape index (κ2) is 10.4. The van der Waals surface area contributed by atoms with E-state index in [-0.39, 0.29) is 34.7 Å². The van der Waals surface area contributed by atoms with Gasteiger partial charge in [0.25, 0.3) is 5.91 Å². The number of rotatable bonds is 6. The number of hydrogen-bond donors (Lipinski definition) is 6. The summed E-state index contributed by atoms with van der Waals surface area (Å²) in [6.45, 7) is 4.31. The summed E-state index contributed by atoms with van der Waals surface area (Å²) in [5.41, 5.74) is 1.09. The van der Waals surface area contributed by atoms with Gasteiger partial charge in [0.15, 0.2) is 17.1 Å². The summed E-state index contributed by atoms with van der Waals surface area (Å²) in [6, 6.07) is 0.305. The van der Waals surface area contributed by atoms with Crippen LogP contribution in [0.5, 0.6) is 5.75 Å². The Balaban J connectivity index is 1.83. The molecule has 216 valence electrons. The zero-order valence-corrected chi connectivity index (χ0v) is 23.1. The lowest BCUT2D eigenvalue weighted by Gasteiger charge is -2.50. The Bertz CT molecular complexity index is 1380. The van der Waals surface area contributed by atoms with Gasteiger partial charge < -0.3 is 31.0 Å². The van der Waals surface area contributed by atoms with Crippen molar-refractivity contribution < 1.29 is 44.4 Å². The summed E-state index contributed by atoms with van der Waals surface area (Å²) in [7, 11) is 3.09. The number of aliphatic hydroxyl groups excluding tert-OH is 2. The number of amides is 2. The van der Waals surface area contributed by atoms with Crippen molar-refractivity contribution in [2.75, 3.05) is 32.5 Å². The SMILES string of the molecule is CCN(CC)OC(=O)Nc1c(Cl)cc2c(c1O)C(=O)C1=C(O)C3(O)C(=O)C(C(N)=O)=C(O)[C@@H](N(C)C)C3CC1C2. The van der Waals surface area contributed by atoms with Gasteiger partial charge in [0.05, 0.1) is 16.6 Å². The third-order valence-corrected chi connectivity index (χ3v) is 8.11. The number of nitrogens with one attached hydrogen (secondary N) is 1. The lowest BCUT2D eigenvalue weighted by molar-refractivity contribution is -0.148. The zero-order valence-electron chi connectivity index (χ0n) is 22.3. The van der Waals surface area contributed by atoms with Gasteiger partial charge in [-0.25, -0.2) is 4.79 Å². The average molecular weight is 579 g/mol. The number of ketones is 2. The molecule has 0 heterocycles. The van der Waals surface area contributed by atoms with Crippen molar-refractivity contribution >= 4 is 40.9 Å². The highest BCUT2D eigenvalue weighted by atomic mass is 35.5. The topological polar surface area (TPSA) is 203 Å². The van der Waals surface area contributed by atoms with E-state index in [1.807, 2.05) is 0 Å². The van der Waals surface area contributed by atoms with Crippen molar-refractivity contribution in [2.24, 2.45) is 17.6 Å². The quantitative estimate of drug-likeness (QED) is 0.162. The van der Waals surface area contributed by atoms with E-state index in [1.54, 1.807) is 27.9 Å². The number of nitrogens with zero attached hydrogens (tertiary/aromatic N) is 2. The Morgan fingerprint density at radius 2 is 1.82 bits per heavy atom. The summed E-state index contributed by atoms with van der Waals surface area (Å²) < 4.78 is 0. The van der Waals surface area contributed by atoms with E-state index in [4.69, 9.17) is 22.2 Å². The Morgan fingerprint density at radius 3 is 2.38 bits per heavy atom. The molecule has 3 aliphatic rings. The number of benzene rings is 1. The number of halogens is 1. The summed E-state index contributed by atoms with van der Waals surface area (Å²) in [4.78, 5) is 58.2. The largest absolute Gasteiger partial charge is 0.510 e. The van der Waals surface area contributed by atoms with Gasteiger partial charge in [-0.1, -0.05) is 11.6 Å². The van der Waals surface area contributed by atoms with E-state index in [1.165, 1.54) is 16.0 Å². The molecule has 3 aliphatic carbocycles. The molecule has 40 heavy (non-hydrogen) atoms. The highest BCUT2D eigenvalue weighted by Gasteiger charge is 2.63. The molecule has 0 spiro atoms. The molecule has 1 aromatic rings. The van der Waals surface area contributed by atoms with E-state index >= 15 is 0 Å². The van der Waals surface area contributed by atoms with E-state index in [0.29, 0.717) is 18.7 Å². The number of aromatic hydroxyl groups is 1. The first-order valence-corrected chi connectivity index (χ1v) is 13.0. The predicted molar refractivity (Wildman–Crippen MR) is 142 cm³/mol. The number of fused-ring (bicyclic) bond motifs is 3. The van der Waals surface area contributed by atoms with Gasteiger partial charge in [0, 0.05) is 24.6 Å². The molecule has 2 amide bonds. The molecule has 7 N–H and O–H groups in total. The van der Waals surface area contributed by atoms with Crippen LogP contribution >= 0.6 is 11.6 Å². The normalized spacial score (nSPS) is 26.1. The maximum absolute atomic E-state index is 13.8. The van der Waals surface area contributed by atoms with Crippen LogP contribution in [0.4, 0.5) is 10.5 Å². The lowest BCUT2D eigenvalue weighted by atomic mass is 9.58. The second-order valence-electron chi connectivity index (χ2n) is 10.2. The average Bonchev–Trinajstić information content (AvgIpc) is 2.86. The third kappa shape index (κ3) is 4.29. The molecule has 0 fully saturated rings. The van der Waals surface area contributed by atoms with E-state index in [2.05, 4.69) is 5.32 Å². The highest BCUT2D eigenvalue weighted by Crippen LogP contribution is 2.53. The van der Waals surface area contributed by atoms with Gasteiger partial charge in [-0.2, -0.15) is 0 Å². The number of hydroxylamine groups is 2. The minimum atomic E-state index is -2.75. The van der Waals surface area contributed by atoms with Crippen molar-refractivity contribution in [3.8, 4) is 5.75 Å². The minimum absolute atomic E-state index is 0.0552. The molecule has 0 radical (unpaired) electrons. The number of hydrogen-bond acceptors (Lipinski definition) is 11. The minimum Gasteiger partial charge on any atom is -0.510 e. The van der Waals surface area contributed by atoms with Gasteiger partial charge in [-0.15, -0.1) is 5.06 Å². The number of carbonyl (C=O) groups is 4. The molecular weight excluding hydrogens is 548 g/mol. The molecule has 0 saturated carbocycles. The molecule has 4 atom stereocenters. The van der Waals surface area contributed by atoms with Crippen molar-refractivity contribution in [1.29, 1.82) is 0 Å². The molecular formula is C26H31ClN4O9.